The van der Waals surface area contributed by atoms with Gasteiger partial charge in [0.1, 0.15) is 5.84 Å². The van der Waals surface area contributed by atoms with Gasteiger partial charge < -0.3 is 11.6 Å². The molecule has 0 saturated carbocycles. The summed E-state index contributed by atoms with van der Waals surface area (Å²) < 4.78 is 22.4. The van der Waals surface area contributed by atoms with Crippen LogP contribution >= 0.6 is 0 Å². The predicted molar refractivity (Wildman–Crippen MR) is 54.5 cm³/mol. The van der Waals surface area contributed by atoms with Crippen LogP contribution in [-0.4, -0.2) is 20.5 Å². The molecule has 1 aromatic carbocycles. The summed E-state index contributed by atoms with van der Waals surface area (Å²) in [6, 6.07) is 6.15. The molecule has 1 aromatic rings. The number of nitrogens with zero attached hydrogens (tertiary/aromatic N) is 1. The zero-order valence-electron chi connectivity index (χ0n) is 7.64. The normalized spacial score (nSPS) is 12.8. The Labute approximate surface area is 82.3 Å². The Morgan fingerprint density at radius 2 is 2.07 bits per heavy atom. The van der Waals surface area contributed by atoms with Crippen molar-refractivity contribution in [2.24, 2.45) is 16.7 Å². The van der Waals surface area contributed by atoms with Crippen molar-refractivity contribution in [1.29, 1.82) is 0 Å². The standard InChI is InChI=1S/C8H11N3O2S/c1-14(12,13)7-4-2-3-6(5-7)8(9)11-10/h2-5H,10H2,1H3,(H2,9,11). The molecule has 1 rings (SSSR count). The molecule has 4 N–H and O–H groups in total. The van der Waals surface area contributed by atoms with E-state index >= 15 is 0 Å². The minimum Gasteiger partial charge on any atom is -0.382 e. The molecular formula is C8H11N3O2S. The van der Waals surface area contributed by atoms with E-state index in [1.165, 1.54) is 12.1 Å². The largest absolute Gasteiger partial charge is 0.382 e. The van der Waals surface area contributed by atoms with Gasteiger partial charge in [0.2, 0.25) is 0 Å². The maximum atomic E-state index is 11.2. The van der Waals surface area contributed by atoms with E-state index in [0.717, 1.165) is 6.26 Å². The third-order valence-corrected chi connectivity index (χ3v) is 2.81. The summed E-state index contributed by atoms with van der Waals surface area (Å²) in [6.07, 6.45) is 1.13. The van der Waals surface area contributed by atoms with E-state index in [1.807, 2.05) is 0 Å². The predicted octanol–water partition coefficient (Wildman–Crippen LogP) is -0.331. The van der Waals surface area contributed by atoms with Crippen molar-refractivity contribution in [2.75, 3.05) is 6.26 Å². The number of hydrogen-bond donors (Lipinski definition) is 2. The molecule has 6 heteroatoms. The molecule has 5 nitrogen and oxygen atoms in total. The van der Waals surface area contributed by atoms with Crippen molar-refractivity contribution < 1.29 is 8.42 Å². The van der Waals surface area contributed by atoms with E-state index in [4.69, 9.17) is 11.6 Å². The lowest BCUT2D eigenvalue weighted by Gasteiger charge is -2.01. The van der Waals surface area contributed by atoms with E-state index in [9.17, 15) is 8.42 Å². The van der Waals surface area contributed by atoms with Gasteiger partial charge in [-0.3, -0.25) is 0 Å². The molecule has 0 saturated heterocycles. The van der Waals surface area contributed by atoms with Gasteiger partial charge in [-0.05, 0) is 12.1 Å². The van der Waals surface area contributed by atoms with Crippen molar-refractivity contribution in [3.63, 3.8) is 0 Å². The monoisotopic (exact) mass is 213 g/mol. The fraction of sp³-hybridized carbons (Fsp3) is 0.125. The number of benzene rings is 1. The van der Waals surface area contributed by atoms with Crippen LogP contribution in [-0.2, 0) is 9.84 Å². The van der Waals surface area contributed by atoms with Gasteiger partial charge in [0.05, 0.1) is 4.90 Å². The lowest BCUT2D eigenvalue weighted by molar-refractivity contribution is 0.602. The average Bonchev–Trinajstić information content (AvgIpc) is 2.15. The lowest BCUT2D eigenvalue weighted by Crippen LogP contribution is -2.15. The molecule has 0 amide bonds. The van der Waals surface area contributed by atoms with Gasteiger partial charge in [-0.1, -0.05) is 12.1 Å². The molecule has 76 valence electrons. The Bertz CT molecular complexity index is 465. The molecule has 0 aliphatic rings. The Morgan fingerprint density at radius 1 is 1.43 bits per heavy atom. The number of hydrazone groups is 1. The second-order valence-electron chi connectivity index (χ2n) is 2.81. The molecule has 0 unspecified atom stereocenters. The van der Waals surface area contributed by atoms with Crippen LogP contribution in [0.4, 0.5) is 0 Å². The third-order valence-electron chi connectivity index (χ3n) is 1.70. The smallest absolute Gasteiger partial charge is 0.175 e. The fourth-order valence-corrected chi connectivity index (χ4v) is 1.63. The van der Waals surface area contributed by atoms with Crippen LogP contribution in [0.3, 0.4) is 0 Å². The second-order valence-corrected chi connectivity index (χ2v) is 4.83. The van der Waals surface area contributed by atoms with Gasteiger partial charge in [0.15, 0.2) is 9.84 Å². The Morgan fingerprint density at radius 3 is 2.57 bits per heavy atom. The van der Waals surface area contributed by atoms with E-state index < -0.39 is 9.84 Å². The number of amidine groups is 1. The van der Waals surface area contributed by atoms with Crippen LogP contribution < -0.4 is 11.6 Å². The molecular weight excluding hydrogens is 202 g/mol. The van der Waals surface area contributed by atoms with Crippen molar-refractivity contribution in [2.45, 2.75) is 4.90 Å². The third kappa shape index (κ3) is 2.23. The highest BCUT2D eigenvalue weighted by Crippen LogP contribution is 2.10. The van der Waals surface area contributed by atoms with Gasteiger partial charge in [-0.15, -0.1) is 0 Å². The summed E-state index contributed by atoms with van der Waals surface area (Å²) >= 11 is 0. The van der Waals surface area contributed by atoms with Gasteiger partial charge in [-0.2, -0.15) is 5.10 Å². The minimum atomic E-state index is -3.22. The quantitative estimate of drug-likeness (QED) is 0.304. The summed E-state index contributed by atoms with van der Waals surface area (Å²) in [5.74, 6) is 5.08. The minimum absolute atomic E-state index is 0.107. The summed E-state index contributed by atoms with van der Waals surface area (Å²) in [5, 5.41) is 3.28. The first-order valence-electron chi connectivity index (χ1n) is 3.79. The van der Waals surface area contributed by atoms with Crippen LogP contribution in [0, 0.1) is 0 Å². The Kier molecular flexibility index (Phi) is 2.76. The molecule has 0 fully saturated rings. The average molecular weight is 213 g/mol. The zero-order valence-corrected chi connectivity index (χ0v) is 8.45. The van der Waals surface area contributed by atoms with Crippen LogP contribution in [0.1, 0.15) is 5.56 Å². The zero-order chi connectivity index (χ0) is 10.8. The molecule has 0 aromatic heterocycles. The Hall–Kier alpha value is -1.56. The molecule has 0 heterocycles. The van der Waals surface area contributed by atoms with Gasteiger partial charge >= 0.3 is 0 Å². The second kappa shape index (κ2) is 3.67. The van der Waals surface area contributed by atoms with Crippen molar-refractivity contribution in [1.82, 2.24) is 0 Å². The van der Waals surface area contributed by atoms with E-state index in [0.29, 0.717) is 5.56 Å². The van der Waals surface area contributed by atoms with Crippen LogP contribution in [0.5, 0.6) is 0 Å². The van der Waals surface area contributed by atoms with Crippen molar-refractivity contribution in [3.8, 4) is 0 Å². The van der Waals surface area contributed by atoms with Crippen LogP contribution in [0.2, 0.25) is 0 Å². The first-order chi connectivity index (χ1) is 6.45. The maximum Gasteiger partial charge on any atom is 0.175 e. The summed E-state index contributed by atoms with van der Waals surface area (Å²) in [4.78, 5) is 0.196. The molecule has 0 aliphatic heterocycles. The summed E-state index contributed by atoms with van der Waals surface area (Å²) in [7, 11) is -3.22. The number of sulfone groups is 1. The summed E-state index contributed by atoms with van der Waals surface area (Å²) in [6.45, 7) is 0. The lowest BCUT2D eigenvalue weighted by atomic mass is 10.2. The molecule has 0 radical (unpaired) electrons. The number of nitrogens with two attached hydrogens (primary N) is 2. The van der Waals surface area contributed by atoms with Crippen molar-refractivity contribution >= 4 is 15.7 Å². The van der Waals surface area contributed by atoms with Crippen LogP contribution in [0.15, 0.2) is 34.3 Å². The van der Waals surface area contributed by atoms with Gasteiger partial charge in [-0.25, -0.2) is 8.42 Å². The van der Waals surface area contributed by atoms with Crippen LogP contribution in [0.25, 0.3) is 0 Å². The Balaban J connectivity index is 3.28. The number of hydrogen-bond acceptors (Lipinski definition) is 4. The highest BCUT2D eigenvalue weighted by atomic mass is 32.2. The van der Waals surface area contributed by atoms with E-state index in [1.54, 1.807) is 12.1 Å². The molecule has 0 aliphatic carbocycles. The molecule has 0 atom stereocenters. The van der Waals surface area contributed by atoms with E-state index in [-0.39, 0.29) is 10.7 Å². The first kappa shape index (κ1) is 10.5. The number of rotatable bonds is 2. The molecule has 0 bridgehead atoms. The molecule has 14 heavy (non-hydrogen) atoms. The summed E-state index contributed by atoms with van der Waals surface area (Å²) in [5.41, 5.74) is 5.93. The van der Waals surface area contributed by atoms with Gasteiger partial charge in [0, 0.05) is 11.8 Å². The maximum absolute atomic E-state index is 11.2. The highest BCUT2D eigenvalue weighted by molar-refractivity contribution is 7.90. The topological polar surface area (TPSA) is 98.5 Å². The highest BCUT2D eigenvalue weighted by Gasteiger charge is 2.08. The van der Waals surface area contributed by atoms with Gasteiger partial charge in [0.25, 0.3) is 0 Å². The first-order valence-corrected chi connectivity index (χ1v) is 5.68. The fourth-order valence-electron chi connectivity index (χ4n) is 0.961. The van der Waals surface area contributed by atoms with Crippen molar-refractivity contribution in [3.05, 3.63) is 29.8 Å². The molecule has 0 spiro atoms. The van der Waals surface area contributed by atoms with E-state index in [2.05, 4.69) is 5.10 Å². The SMILES string of the molecule is CS(=O)(=O)c1cccc(/C(N)=N/N)c1.